The van der Waals surface area contributed by atoms with Crippen LogP contribution in [0.15, 0.2) is 12.7 Å². The number of anilines is 1. The van der Waals surface area contributed by atoms with Crippen molar-refractivity contribution in [2.75, 3.05) is 11.9 Å². The number of aromatic nitrogens is 3. The van der Waals surface area contributed by atoms with E-state index in [1.165, 1.54) is 44.8 Å². The molecule has 1 aliphatic rings. The zero-order valence-electron chi connectivity index (χ0n) is 10.0. The maximum atomic E-state index is 9.38. The number of hydrogen-bond donors (Lipinski definition) is 2. The lowest BCUT2D eigenvalue weighted by atomic mass is 9.85. The fourth-order valence-corrected chi connectivity index (χ4v) is 2.50. The predicted octanol–water partition coefficient (Wildman–Crippen LogP) is 1.61. The van der Waals surface area contributed by atoms with E-state index in [1.54, 1.807) is 0 Å². The Bertz CT molecular complexity index is 314. The van der Waals surface area contributed by atoms with Gasteiger partial charge in [0.1, 0.15) is 12.7 Å². The number of hydrogen-bond acceptors (Lipinski definition) is 5. The third kappa shape index (κ3) is 3.93. The highest BCUT2D eigenvalue weighted by Gasteiger charge is 2.18. The van der Waals surface area contributed by atoms with Crippen molar-refractivity contribution in [1.29, 1.82) is 0 Å². The number of nitrogens with zero attached hydrogens (tertiary/aromatic N) is 3. The maximum absolute atomic E-state index is 9.38. The van der Waals surface area contributed by atoms with E-state index in [4.69, 9.17) is 0 Å². The Hall–Kier alpha value is -1.23. The summed E-state index contributed by atoms with van der Waals surface area (Å²) in [6.07, 6.45) is 10.5. The fourth-order valence-electron chi connectivity index (χ4n) is 2.50. The van der Waals surface area contributed by atoms with Crippen LogP contribution in [0.25, 0.3) is 0 Å². The second-order valence-electron chi connectivity index (χ2n) is 4.73. The van der Waals surface area contributed by atoms with Gasteiger partial charge in [-0.3, -0.25) is 0 Å². The second kappa shape index (κ2) is 6.49. The Balaban J connectivity index is 1.83. The highest BCUT2D eigenvalue weighted by Crippen LogP contribution is 2.27. The zero-order chi connectivity index (χ0) is 11.9. The van der Waals surface area contributed by atoms with Crippen molar-refractivity contribution >= 4 is 5.95 Å². The molecule has 0 radical (unpaired) electrons. The van der Waals surface area contributed by atoms with E-state index < -0.39 is 0 Å². The summed E-state index contributed by atoms with van der Waals surface area (Å²) in [7, 11) is 0. The average Bonchev–Trinajstić information content (AvgIpc) is 2.40. The SMILES string of the molecule is OC[C@H](CC1CCCCC1)Nc1ncncn1. The third-order valence-electron chi connectivity index (χ3n) is 3.39. The van der Waals surface area contributed by atoms with Crippen LogP contribution in [0, 0.1) is 5.92 Å². The van der Waals surface area contributed by atoms with Crippen LogP contribution in [0.1, 0.15) is 38.5 Å². The molecule has 5 nitrogen and oxygen atoms in total. The Morgan fingerprint density at radius 1 is 1.24 bits per heavy atom. The van der Waals surface area contributed by atoms with Crippen molar-refractivity contribution in [2.24, 2.45) is 5.92 Å². The molecule has 17 heavy (non-hydrogen) atoms. The van der Waals surface area contributed by atoms with Gasteiger partial charge in [0.25, 0.3) is 0 Å². The normalized spacial score (nSPS) is 18.9. The van der Waals surface area contributed by atoms with Gasteiger partial charge in [0.2, 0.25) is 5.95 Å². The molecule has 2 N–H and O–H groups in total. The lowest BCUT2D eigenvalue weighted by molar-refractivity contribution is 0.236. The van der Waals surface area contributed by atoms with Crippen LogP contribution in [0.5, 0.6) is 0 Å². The van der Waals surface area contributed by atoms with E-state index in [1.807, 2.05) is 0 Å². The monoisotopic (exact) mass is 236 g/mol. The molecule has 0 spiro atoms. The van der Waals surface area contributed by atoms with E-state index in [2.05, 4.69) is 20.3 Å². The largest absolute Gasteiger partial charge is 0.394 e. The van der Waals surface area contributed by atoms with Gasteiger partial charge in [0.05, 0.1) is 12.6 Å². The predicted molar refractivity (Wildman–Crippen MR) is 65.5 cm³/mol. The van der Waals surface area contributed by atoms with Crippen molar-refractivity contribution in [3.8, 4) is 0 Å². The summed E-state index contributed by atoms with van der Waals surface area (Å²) in [6, 6.07) is 0.0560. The molecule has 2 rings (SSSR count). The molecule has 0 saturated heterocycles. The van der Waals surface area contributed by atoms with Gasteiger partial charge in [-0.25, -0.2) is 15.0 Å². The maximum Gasteiger partial charge on any atom is 0.225 e. The van der Waals surface area contributed by atoms with Crippen molar-refractivity contribution in [2.45, 2.75) is 44.6 Å². The van der Waals surface area contributed by atoms with Crippen molar-refractivity contribution in [3.05, 3.63) is 12.7 Å². The molecule has 0 aliphatic heterocycles. The lowest BCUT2D eigenvalue weighted by Crippen LogP contribution is -2.28. The van der Waals surface area contributed by atoms with Crippen LogP contribution in [-0.2, 0) is 0 Å². The van der Waals surface area contributed by atoms with Crippen LogP contribution >= 0.6 is 0 Å². The Kier molecular flexibility index (Phi) is 4.67. The second-order valence-corrected chi connectivity index (χ2v) is 4.73. The first-order valence-electron chi connectivity index (χ1n) is 6.38. The molecule has 1 aromatic rings. The summed E-state index contributed by atoms with van der Waals surface area (Å²) >= 11 is 0. The zero-order valence-corrected chi connectivity index (χ0v) is 10.0. The van der Waals surface area contributed by atoms with Gasteiger partial charge in [-0.15, -0.1) is 0 Å². The van der Waals surface area contributed by atoms with E-state index in [-0.39, 0.29) is 12.6 Å². The standard InChI is InChI=1S/C12H20N4O/c17-7-11(6-10-4-2-1-3-5-10)16-12-14-8-13-9-15-12/h8-11,17H,1-7H2,(H,13,14,15,16)/t11-/m0/s1. The summed E-state index contributed by atoms with van der Waals surface area (Å²) < 4.78 is 0. The van der Waals surface area contributed by atoms with Crippen LogP contribution < -0.4 is 5.32 Å². The molecule has 1 aliphatic carbocycles. The summed E-state index contributed by atoms with van der Waals surface area (Å²) in [5.74, 6) is 1.28. The Morgan fingerprint density at radius 2 is 1.94 bits per heavy atom. The van der Waals surface area contributed by atoms with E-state index in [0.29, 0.717) is 5.95 Å². The minimum absolute atomic E-state index is 0.0560. The minimum atomic E-state index is 0.0560. The van der Waals surface area contributed by atoms with Crippen LogP contribution in [0.3, 0.4) is 0 Å². The first-order valence-corrected chi connectivity index (χ1v) is 6.38. The van der Waals surface area contributed by atoms with Crippen molar-refractivity contribution < 1.29 is 5.11 Å². The number of rotatable bonds is 5. The summed E-state index contributed by atoms with van der Waals surface area (Å²) in [5, 5.41) is 12.5. The first-order chi connectivity index (χ1) is 8.38. The molecule has 1 aromatic heterocycles. The van der Waals surface area contributed by atoms with Crippen LogP contribution in [0.4, 0.5) is 5.95 Å². The molecule has 1 atom stereocenters. The Morgan fingerprint density at radius 3 is 2.59 bits per heavy atom. The molecule has 1 saturated carbocycles. The molecule has 94 valence electrons. The molecular formula is C12H20N4O. The Labute approximate surface area is 102 Å². The van der Waals surface area contributed by atoms with Gasteiger partial charge in [-0.1, -0.05) is 32.1 Å². The highest BCUT2D eigenvalue weighted by atomic mass is 16.3. The van der Waals surface area contributed by atoms with Crippen LogP contribution in [0.2, 0.25) is 0 Å². The average molecular weight is 236 g/mol. The highest BCUT2D eigenvalue weighted by molar-refractivity contribution is 5.22. The van der Waals surface area contributed by atoms with Crippen LogP contribution in [-0.4, -0.2) is 32.7 Å². The lowest BCUT2D eigenvalue weighted by Gasteiger charge is -2.26. The minimum Gasteiger partial charge on any atom is -0.394 e. The molecule has 0 unspecified atom stereocenters. The molecule has 0 aromatic carbocycles. The molecule has 1 fully saturated rings. The van der Waals surface area contributed by atoms with E-state index in [0.717, 1.165) is 12.3 Å². The molecule has 0 amide bonds. The molecular weight excluding hydrogens is 216 g/mol. The topological polar surface area (TPSA) is 70.9 Å². The van der Waals surface area contributed by atoms with Gasteiger partial charge in [-0.2, -0.15) is 0 Å². The first kappa shape index (κ1) is 12.2. The van der Waals surface area contributed by atoms with Gasteiger partial charge < -0.3 is 10.4 Å². The smallest absolute Gasteiger partial charge is 0.225 e. The van der Waals surface area contributed by atoms with E-state index >= 15 is 0 Å². The number of aliphatic hydroxyl groups is 1. The van der Waals surface area contributed by atoms with Crippen molar-refractivity contribution in [3.63, 3.8) is 0 Å². The molecule has 0 bridgehead atoms. The fraction of sp³-hybridized carbons (Fsp3) is 0.750. The van der Waals surface area contributed by atoms with Gasteiger partial charge >= 0.3 is 0 Å². The quantitative estimate of drug-likeness (QED) is 0.812. The van der Waals surface area contributed by atoms with E-state index in [9.17, 15) is 5.11 Å². The number of aliphatic hydroxyl groups excluding tert-OH is 1. The summed E-state index contributed by atoms with van der Waals surface area (Å²) in [5.41, 5.74) is 0. The summed E-state index contributed by atoms with van der Waals surface area (Å²) in [4.78, 5) is 11.8. The van der Waals surface area contributed by atoms with Gasteiger partial charge in [-0.05, 0) is 12.3 Å². The molecule has 5 heteroatoms. The van der Waals surface area contributed by atoms with Gasteiger partial charge in [0.15, 0.2) is 0 Å². The van der Waals surface area contributed by atoms with Gasteiger partial charge in [0, 0.05) is 0 Å². The number of nitrogens with one attached hydrogen (secondary N) is 1. The molecule has 1 heterocycles. The van der Waals surface area contributed by atoms with Crippen molar-refractivity contribution in [1.82, 2.24) is 15.0 Å². The summed E-state index contributed by atoms with van der Waals surface area (Å²) in [6.45, 7) is 0.127. The third-order valence-corrected chi connectivity index (χ3v) is 3.39.